The van der Waals surface area contributed by atoms with E-state index in [1.165, 1.54) is 6.20 Å². The Kier molecular flexibility index (Phi) is 3.00. The Bertz CT molecular complexity index is 472. The maximum Gasteiger partial charge on any atom is 0.161 e. The van der Waals surface area contributed by atoms with E-state index in [9.17, 15) is 0 Å². The van der Waals surface area contributed by atoms with Crippen LogP contribution in [0.3, 0.4) is 0 Å². The van der Waals surface area contributed by atoms with Crippen molar-refractivity contribution >= 4 is 0 Å². The van der Waals surface area contributed by atoms with Crippen LogP contribution in [0.25, 0.3) is 11.3 Å². The van der Waals surface area contributed by atoms with E-state index in [2.05, 4.69) is 16.2 Å². The van der Waals surface area contributed by atoms with Gasteiger partial charge in [0, 0.05) is 5.56 Å². The minimum atomic E-state index is 0.672. The summed E-state index contributed by atoms with van der Waals surface area (Å²) in [6.45, 7) is 0. The van der Waals surface area contributed by atoms with Gasteiger partial charge in [-0.15, -0.1) is 0 Å². The molecule has 1 radical (unpaired) electrons. The maximum atomic E-state index is 5.21. The summed E-state index contributed by atoms with van der Waals surface area (Å²) in [5.41, 5.74) is 1.67. The molecule has 0 fully saturated rings. The van der Waals surface area contributed by atoms with Crippen molar-refractivity contribution in [1.29, 1.82) is 0 Å². The predicted octanol–water partition coefficient (Wildman–Crippen LogP) is 1.96. The second kappa shape index (κ2) is 4.61. The Morgan fingerprint density at radius 2 is 1.94 bits per heavy atom. The van der Waals surface area contributed by atoms with Gasteiger partial charge >= 0.3 is 0 Å². The minimum Gasteiger partial charge on any atom is -0.493 e. The first-order chi connectivity index (χ1) is 7.85. The molecule has 0 aliphatic carbocycles. The lowest BCUT2D eigenvalue weighted by Crippen LogP contribution is -1.91. The number of benzene rings is 1. The molecule has 0 bridgehead atoms. The predicted molar refractivity (Wildman–Crippen MR) is 59.4 cm³/mol. The number of rotatable bonds is 3. The van der Waals surface area contributed by atoms with E-state index in [0.29, 0.717) is 11.5 Å². The normalized spacial score (nSPS) is 9.88. The van der Waals surface area contributed by atoms with Crippen LogP contribution in [0, 0.1) is 6.20 Å². The van der Waals surface area contributed by atoms with Crippen LogP contribution in [0.4, 0.5) is 0 Å². The summed E-state index contributed by atoms with van der Waals surface area (Å²) in [4.78, 5) is 8.07. The molecule has 0 N–H and O–H groups in total. The van der Waals surface area contributed by atoms with Crippen LogP contribution >= 0.6 is 0 Å². The zero-order chi connectivity index (χ0) is 11.4. The molecule has 0 amide bonds. The van der Waals surface area contributed by atoms with Gasteiger partial charge in [0.1, 0.15) is 6.20 Å². The van der Waals surface area contributed by atoms with Gasteiger partial charge in [0.05, 0.1) is 32.3 Å². The maximum absolute atomic E-state index is 5.21. The molecule has 0 saturated heterocycles. The second-order valence-electron chi connectivity index (χ2n) is 3.10. The molecule has 0 spiro atoms. The Morgan fingerprint density at radius 1 is 1.12 bits per heavy atom. The summed E-state index contributed by atoms with van der Waals surface area (Å²) in [5, 5.41) is 0. The topological polar surface area (TPSA) is 44.2 Å². The van der Waals surface area contributed by atoms with Gasteiger partial charge in [-0.05, 0) is 18.2 Å². The molecule has 81 valence electrons. The van der Waals surface area contributed by atoms with Gasteiger partial charge < -0.3 is 9.47 Å². The van der Waals surface area contributed by atoms with Crippen LogP contribution < -0.4 is 9.47 Å². The van der Waals surface area contributed by atoms with E-state index < -0.39 is 0 Å². The van der Waals surface area contributed by atoms with Crippen molar-refractivity contribution in [1.82, 2.24) is 9.97 Å². The third-order valence-electron chi connectivity index (χ3n) is 2.19. The molecule has 1 aromatic carbocycles. The van der Waals surface area contributed by atoms with Crippen LogP contribution in [0.1, 0.15) is 0 Å². The molecule has 0 aliphatic heterocycles. The highest BCUT2D eigenvalue weighted by atomic mass is 16.5. The molecule has 0 saturated carbocycles. The van der Waals surface area contributed by atoms with Crippen LogP contribution in [0.15, 0.2) is 30.6 Å². The third kappa shape index (κ3) is 1.95. The van der Waals surface area contributed by atoms with Crippen molar-refractivity contribution in [2.24, 2.45) is 0 Å². The Hall–Kier alpha value is -2.10. The van der Waals surface area contributed by atoms with E-state index >= 15 is 0 Å². The van der Waals surface area contributed by atoms with Crippen molar-refractivity contribution in [3.05, 3.63) is 36.8 Å². The lowest BCUT2D eigenvalue weighted by molar-refractivity contribution is 0.355. The fourth-order valence-electron chi connectivity index (χ4n) is 1.40. The van der Waals surface area contributed by atoms with E-state index in [1.54, 1.807) is 20.4 Å². The summed E-state index contributed by atoms with van der Waals surface area (Å²) < 4.78 is 10.4. The molecular weight excluding hydrogens is 204 g/mol. The standard InChI is InChI=1S/C12H11N2O2/c1-15-11-4-3-9(7-12(11)16-2)10-8-13-5-6-14-10/h3-5,7-8H,1-2H3. The third-order valence-corrected chi connectivity index (χ3v) is 2.19. The van der Waals surface area contributed by atoms with Gasteiger partial charge in [0.25, 0.3) is 0 Å². The minimum absolute atomic E-state index is 0.672. The van der Waals surface area contributed by atoms with Crippen LogP contribution in [-0.4, -0.2) is 24.2 Å². The summed E-state index contributed by atoms with van der Waals surface area (Å²) in [5.74, 6) is 1.37. The van der Waals surface area contributed by atoms with Crippen molar-refractivity contribution in [3.63, 3.8) is 0 Å². The zero-order valence-electron chi connectivity index (χ0n) is 9.10. The Labute approximate surface area is 93.9 Å². The van der Waals surface area contributed by atoms with Crippen molar-refractivity contribution < 1.29 is 9.47 Å². The highest BCUT2D eigenvalue weighted by Crippen LogP contribution is 2.30. The zero-order valence-corrected chi connectivity index (χ0v) is 9.10. The van der Waals surface area contributed by atoms with Gasteiger partial charge in [-0.2, -0.15) is 0 Å². The first kappa shape index (κ1) is 10.4. The number of nitrogens with zero attached hydrogens (tertiary/aromatic N) is 2. The number of ether oxygens (including phenoxy) is 2. The molecule has 2 aromatic rings. The molecule has 1 aromatic heterocycles. The van der Waals surface area contributed by atoms with E-state index in [-0.39, 0.29) is 0 Å². The summed E-state index contributed by atoms with van der Waals surface area (Å²) >= 11 is 0. The van der Waals surface area contributed by atoms with Gasteiger partial charge in [0.2, 0.25) is 0 Å². The summed E-state index contributed by atoms with van der Waals surface area (Å²) in [6.07, 6.45) is 5.89. The van der Waals surface area contributed by atoms with E-state index in [4.69, 9.17) is 9.47 Å². The SMILES string of the molecule is COc1ccc(-c2cnc[c]n2)cc1OC. The molecule has 2 rings (SSSR count). The van der Waals surface area contributed by atoms with Crippen molar-refractivity contribution in [2.75, 3.05) is 14.2 Å². The van der Waals surface area contributed by atoms with E-state index in [0.717, 1.165) is 11.3 Å². The molecule has 0 atom stereocenters. The molecule has 16 heavy (non-hydrogen) atoms. The quantitative estimate of drug-likeness (QED) is 0.785. The molecule has 0 aliphatic rings. The molecular formula is C12H11N2O2. The largest absolute Gasteiger partial charge is 0.493 e. The number of hydrogen-bond donors (Lipinski definition) is 0. The van der Waals surface area contributed by atoms with Gasteiger partial charge in [-0.25, -0.2) is 4.98 Å². The first-order valence-corrected chi connectivity index (χ1v) is 4.75. The Balaban J connectivity index is 2.44. The highest BCUT2D eigenvalue weighted by molar-refractivity contribution is 5.63. The Morgan fingerprint density at radius 3 is 2.56 bits per heavy atom. The van der Waals surface area contributed by atoms with Gasteiger partial charge in [-0.1, -0.05) is 0 Å². The number of hydrogen-bond acceptors (Lipinski definition) is 4. The molecule has 4 heteroatoms. The summed E-state index contributed by atoms with van der Waals surface area (Å²) in [6, 6.07) is 5.60. The van der Waals surface area contributed by atoms with Crippen molar-refractivity contribution in [2.45, 2.75) is 0 Å². The molecule has 0 unspecified atom stereocenters. The second-order valence-corrected chi connectivity index (χ2v) is 3.10. The fourth-order valence-corrected chi connectivity index (χ4v) is 1.40. The monoisotopic (exact) mass is 215 g/mol. The average molecular weight is 215 g/mol. The highest BCUT2D eigenvalue weighted by Gasteiger charge is 2.06. The van der Waals surface area contributed by atoms with Crippen LogP contribution in [-0.2, 0) is 0 Å². The van der Waals surface area contributed by atoms with Crippen molar-refractivity contribution in [3.8, 4) is 22.8 Å². The number of methoxy groups -OCH3 is 2. The summed E-state index contributed by atoms with van der Waals surface area (Å²) in [7, 11) is 3.21. The fraction of sp³-hybridized carbons (Fsp3) is 0.167. The first-order valence-electron chi connectivity index (χ1n) is 4.75. The molecule has 1 heterocycles. The molecule has 4 nitrogen and oxygen atoms in total. The average Bonchev–Trinajstić information content (AvgIpc) is 2.39. The lowest BCUT2D eigenvalue weighted by atomic mass is 10.1. The van der Waals surface area contributed by atoms with Crippen LogP contribution in [0.5, 0.6) is 11.5 Å². The number of aromatic nitrogens is 2. The smallest absolute Gasteiger partial charge is 0.161 e. The van der Waals surface area contributed by atoms with Gasteiger partial charge in [-0.3, -0.25) is 4.98 Å². The van der Waals surface area contributed by atoms with Crippen LogP contribution in [0.2, 0.25) is 0 Å². The lowest BCUT2D eigenvalue weighted by Gasteiger charge is -2.08. The van der Waals surface area contributed by atoms with Gasteiger partial charge in [0.15, 0.2) is 11.5 Å². The van der Waals surface area contributed by atoms with E-state index in [1.807, 2.05) is 18.2 Å².